The average molecular weight is 294 g/mol. The van der Waals surface area contributed by atoms with E-state index in [1.807, 2.05) is 0 Å². The van der Waals surface area contributed by atoms with Gasteiger partial charge in [0.15, 0.2) is 9.84 Å². The van der Waals surface area contributed by atoms with Gasteiger partial charge in [-0.05, 0) is 40.0 Å². The molecule has 0 spiro atoms. The van der Waals surface area contributed by atoms with Gasteiger partial charge in [0.25, 0.3) is 0 Å². The van der Waals surface area contributed by atoms with Gasteiger partial charge in [0, 0.05) is 10.7 Å². The molecule has 84 valence electrons. The van der Waals surface area contributed by atoms with Crippen LogP contribution in [-0.2, 0) is 21.1 Å². The number of halogens is 1. The van der Waals surface area contributed by atoms with E-state index in [-0.39, 0.29) is 0 Å². The highest BCUT2D eigenvalue weighted by Gasteiger charge is 2.11. The number of benzene rings is 1. The molecule has 0 heterocycles. The van der Waals surface area contributed by atoms with E-state index in [0.29, 0.717) is 22.4 Å². The summed E-state index contributed by atoms with van der Waals surface area (Å²) in [5, 5.41) is 0. The molecule has 0 atom stereocenters. The zero-order valence-electron chi connectivity index (χ0n) is 8.23. The van der Waals surface area contributed by atoms with E-state index in [1.165, 1.54) is 6.26 Å². The topological polar surface area (TPSA) is 69.4 Å². The number of rotatable bonds is 4. The Balaban J connectivity index is 2.99. The molecule has 0 aliphatic heterocycles. The fourth-order valence-corrected chi connectivity index (χ4v) is 3.21. The zero-order chi connectivity index (χ0) is 11.5. The van der Waals surface area contributed by atoms with E-state index in [1.54, 1.807) is 18.2 Å². The second-order valence-electron chi connectivity index (χ2n) is 3.16. The van der Waals surface area contributed by atoms with Crippen molar-refractivity contribution >= 4 is 25.8 Å². The Morgan fingerprint density at radius 1 is 1.47 bits per heavy atom. The van der Waals surface area contributed by atoms with Gasteiger partial charge in [-0.1, -0.05) is 6.07 Å². The third-order valence-corrected chi connectivity index (χ3v) is 3.98. The predicted octanol–water partition coefficient (Wildman–Crippen LogP) is 1.29. The molecule has 1 aromatic rings. The quantitative estimate of drug-likeness (QED) is 0.849. The molecule has 0 aromatic heterocycles. The van der Waals surface area contributed by atoms with Gasteiger partial charge in [0.1, 0.15) is 0 Å². The van der Waals surface area contributed by atoms with Crippen LogP contribution in [0.5, 0.6) is 0 Å². The molecule has 1 rings (SSSR count). The molecule has 0 saturated heterocycles. The lowest BCUT2D eigenvalue weighted by atomic mass is 10.2. The van der Waals surface area contributed by atoms with E-state index in [9.17, 15) is 8.42 Å². The first-order valence-corrected chi connectivity index (χ1v) is 6.94. The maximum Gasteiger partial charge on any atom is 0.176 e. The van der Waals surface area contributed by atoms with Gasteiger partial charge in [-0.3, -0.25) is 0 Å². The third kappa shape index (κ3) is 3.57. The molecule has 1 aromatic carbocycles. The Bertz CT molecular complexity index is 445. The minimum absolute atomic E-state index is 0.292. The zero-order valence-corrected chi connectivity index (χ0v) is 10.6. The van der Waals surface area contributed by atoms with Crippen LogP contribution in [0.25, 0.3) is 0 Å². The van der Waals surface area contributed by atoms with Crippen molar-refractivity contribution in [3.05, 3.63) is 28.2 Å². The van der Waals surface area contributed by atoms with E-state index >= 15 is 0 Å². The summed E-state index contributed by atoms with van der Waals surface area (Å²) in [6, 6.07) is 5.08. The van der Waals surface area contributed by atoms with Gasteiger partial charge in [-0.2, -0.15) is 0 Å². The van der Waals surface area contributed by atoms with Crippen LogP contribution in [-0.4, -0.2) is 21.3 Å². The van der Waals surface area contributed by atoms with Gasteiger partial charge < -0.3 is 4.84 Å². The molecule has 0 aliphatic carbocycles. The standard InChI is InChI=1S/C9H12BrNO3S/c1-15(12,13)9-3-2-7(4-5-14-11)6-8(9)10/h2-3,6H,4-5,11H2,1H3. The highest BCUT2D eigenvalue weighted by atomic mass is 79.9. The second-order valence-corrected chi connectivity index (χ2v) is 6.00. The van der Waals surface area contributed by atoms with Crippen molar-refractivity contribution in [1.82, 2.24) is 0 Å². The Hall–Kier alpha value is -0.430. The number of sulfone groups is 1. The fourth-order valence-electron chi connectivity index (χ4n) is 1.18. The molecular formula is C9H12BrNO3S. The van der Waals surface area contributed by atoms with Gasteiger partial charge in [-0.15, -0.1) is 0 Å². The molecule has 0 radical (unpaired) electrons. The largest absolute Gasteiger partial charge is 0.304 e. The van der Waals surface area contributed by atoms with Crippen molar-refractivity contribution < 1.29 is 13.3 Å². The molecule has 0 fully saturated rings. The van der Waals surface area contributed by atoms with E-state index < -0.39 is 9.84 Å². The summed E-state index contributed by atoms with van der Waals surface area (Å²) >= 11 is 3.22. The molecule has 0 unspecified atom stereocenters. The number of hydrogen-bond donors (Lipinski definition) is 1. The molecule has 4 nitrogen and oxygen atoms in total. The lowest BCUT2D eigenvalue weighted by molar-refractivity contribution is 0.141. The minimum Gasteiger partial charge on any atom is -0.304 e. The van der Waals surface area contributed by atoms with Gasteiger partial charge >= 0.3 is 0 Å². The molecule has 6 heteroatoms. The summed E-state index contributed by atoms with van der Waals surface area (Å²) in [4.78, 5) is 4.74. The predicted molar refractivity (Wildman–Crippen MR) is 61.1 cm³/mol. The highest BCUT2D eigenvalue weighted by molar-refractivity contribution is 9.10. The van der Waals surface area contributed by atoms with Gasteiger partial charge in [-0.25, -0.2) is 14.3 Å². The third-order valence-electron chi connectivity index (χ3n) is 1.90. The molecule has 0 amide bonds. The summed E-state index contributed by atoms with van der Waals surface area (Å²) in [6.07, 6.45) is 1.83. The van der Waals surface area contributed by atoms with Crippen molar-refractivity contribution in [2.45, 2.75) is 11.3 Å². The number of hydrogen-bond acceptors (Lipinski definition) is 4. The average Bonchev–Trinajstić information content (AvgIpc) is 2.12. The summed E-state index contributed by atoms with van der Waals surface area (Å²) < 4.78 is 23.2. The molecule has 2 N–H and O–H groups in total. The first-order chi connectivity index (χ1) is 6.95. The van der Waals surface area contributed by atoms with Crippen molar-refractivity contribution in [3.8, 4) is 0 Å². The normalized spacial score (nSPS) is 11.7. The maximum atomic E-state index is 11.3. The van der Waals surface area contributed by atoms with Crippen molar-refractivity contribution in [1.29, 1.82) is 0 Å². The van der Waals surface area contributed by atoms with Crippen molar-refractivity contribution in [3.63, 3.8) is 0 Å². The van der Waals surface area contributed by atoms with Crippen LogP contribution in [0.3, 0.4) is 0 Å². The van der Waals surface area contributed by atoms with Crippen molar-refractivity contribution in [2.24, 2.45) is 5.90 Å². The van der Waals surface area contributed by atoms with E-state index in [4.69, 9.17) is 5.90 Å². The molecule has 0 bridgehead atoms. The second kappa shape index (κ2) is 5.07. The Morgan fingerprint density at radius 2 is 2.13 bits per heavy atom. The van der Waals surface area contributed by atoms with Crippen LogP contribution in [0.1, 0.15) is 5.56 Å². The van der Waals surface area contributed by atoms with E-state index in [0.717, 1.165) is 5.56 Å². The van der Waals surface area contributed by atoms with Crippen LogP contribution in [0, 0.1) is 0 Å². The lowest BCUT2D eigenvalue weighted by Gasteiger charge is -2.05. The molecule has 15 heavy (non-hydrogen) atoms. The van der Waals surface area contributed by atoms with Crippen LogP contribution in [0.15, 0.2) is 27.6 Å². The highest BCUT2D eigenvalue weighted by Crippen LogP contribution is 2.23. The first-order valence-electron chi connectivity index (χ1n) is 4.25. The Labute approximate surface area is 97.4 Å². The summed E-state index contributed by atoms with van der Waals surface area (Å²) in [5.74, 6) is 4.91. The molecule has 0 aliphatic rings. The molecular weight excluding hydrogens is 282 g/mol. The van der Waals surface area contributed by atoms with Crippen LogP contribution < -0.4 is 5.90 Å². The first kappa shape index (κ1) is 12.6. The summed E-state index contributed by atoms with van der Waals surface area (Å²) in [6.45, 7) is 0.407. The lowest BCUT2D eigenvalue weighted by Crippen LogP contribution is -2.04. The van der Waals surface area contributed by atoms with Crippen molar-refractivity contribution in [2.75, 3.05) is 12.9 Å². The van der Waals surface area contributed by atoms with Gasteiger partial charge in [0.2, 0.25) is 0 Å². The van der Waals surface area contributed by atoms with Crippen LogP contribution in [0.2, 0.25) is 0 Å². The maximum absolute atomic E-state index is 11.3. The van der Waals surface area contributed by atoms with E-state index in [2.05, 4.69) is 20.8 Å². The Kier molecular flexibility index (Phi) is 4.27. The van der Waals surface area contributed by atoms with Gasteiger partial charge in [0.05, 0.1) is 11.5 Å². The Morgan fingerprint density at radius 3 is 2.60 bits per heavy atom. The SMILES string of the molecule is CS(=O)(=O)c1ccc(CCON)cc1Br. The molecule has 0 saturated carbocycles. The van der Waals surface area contributed by atoms with Crippen LogP contribution in [0.4, 0.5) is 0 Å². The smallest absolute Gasteiger partial charge is 0.176 e. The summed E-state index contributed by atoms with van der Waals surface area (Å²) in [7, 11) is -3.17. The monoisotopic (exact) mass is 293 g/mol. The number of nitrogens with two attached hydrogens (primary N) is 1. The fraction of sp³-hybridized carbons (Fsp3) is 0.333. The summed E-state index contributed by atoms with van der Waals surface area (Å²) in [5.41, 5.74) is 0.972. The minimum atomic E-state index is -3.17. The van der Waals surface area contributed by atoms with Crippen LogP contribution >= 0.6 is 15.9 Å².